The van der Waals surface area contributed by atoms with Crippen molar-refractivity contribution in [2.45, 2.75) is 19.0 Å². The lowest BCUT2D eigenvalue weighted by Gasteiger charge is -2.17. The fraction of sp³-hybridized carbons (Fsp3) is 0.148. The third kappa shape index (κ3) is 5.92. The Labute approximate surface area is 223 Å². The number of nitrogens with one attached hydrogen (secondary N) is 2. The molecule has 0 unspecified atom stereocenters. The number of hydrogen-bond donors (Lipinski definition) is 2. The summed E-state index contributed by atoms with van der Waals surface area (Å²) in [5, 5.41) is 10.7. The number of ether oxygens (including phenoxy) is 2. The standard InChI is InChI=1S/C27H19F6N3O4/c1-39-22-12-15(11-20-23(34)36(25(38)35-20)24(37)16-5-3-2-4-6-16)7-10-21(22)40-14-17-8-9-18(26(28,29)30)13-19(17)27(31,32)33/h2-13,34H,14H2,1H3,(H,35,38)/b20-11-,34-23?. The van der Waals surface area contributed by atoms with E-state index in [2.05, 4.69) is 5.32 Å². The maximum atomic E-state index is 13.4. The number of imide groups is 1. The Bertz CT molecular complexity index is 1500. The van der Waals surface area contributed by atoms with Crippen LogP contribution in [0.25, 0.3) is 6.08 Å². The Morgan fingerprint density at radius 3 is 2.27 bits per heavy atom. The zero-order valence-corrected chi connectivity index (χ0v) is 20.5. The number of amidine groups is 1. The van der Waals surface area contributed by atoms with Gasteiger partial charge in [-0.1, -0.05) is 30.3 Å². The lowest BCUT2D eigenvalue weighted by atomic mass is 10.0. The van der Waals surface area contributed by atoms with Crippen LogP contribution in [0.2, 0.25) is 0 Å². The van der Waals surface area contributed by atoms with E-state index in [-0.39, 0.29) is 28.8 Å². The molecule has 208 valence electrons. The van der Waals surface area contributed by atoms with Crippen molar-refractivity contribution >= 4 is 23.8 Å². The fourth-order valence-electron chi connectivity index (χ4n) is 3.82. The summed E-state index contributed by atoms with van der Waals surface area (Å²) in [5.41, 5.74) is -2.85. The number of halogens is 6. The summed E-state index contributed by atoms with van der Waals surface area (Å²) in [7, 11) is 1.26. The summed E-state index contributed by atoms with van der Waals surface area (Å²) in [6.07, 6.45) is -8.62. The first kappa shape index (κ1) is 28.2. The molecule has 1 heterocycles. The smallest absolute Gasteiger partial charge is 0.416 e. The summed E-state index contributed by atoms with van der Waals surface area (Å²) < 4.78 is 89.8. The SMILES string of the molecule is COc1cc(/C=C2\NC(=O)N(C(=O)c3ccccc3)C2=N)ccc1OCc1ccc(C(F)(F)F)cc1C(F)(F)F. The van der Waals surface area contributed by atoms with Crippen molar-refractivity contribution in [3.63, 3.8) is 0 Å². The summed E-state index contributed by atoms with van der Waals surface area (Å²) >= 11 is 0. The van der Waals surface area contributed by atoms with Crippen molar-refractivity contribution in [1.29, 1.82) is 5.41 Å². The maximum absolute atomic E-state index is 13.4. The zero-order valence-electron chi connectivity index (χ0n) is 20.5. The Morgan fingerprint density at radius 1 is 0.950 bits per heavy atom. The van der Waals surface area contributed by atoms with Crippen LogP contribution in [0.1, 0.15) is 32.6 Å². The molecule has 7 nitrogen and oxygen atoms in total. The van der Waals surface area contributed by atoms with Gasteiger partial charge in [0.05, 0.1) is 23.9 Å². The van der Waals surface area contributed by atoms with E-state index < -0.39 is 53.4 Å². The molecule has 3 aromatic rings. The molecule has 40 heavy (non-hydrogen) atoms. The van der Waals surface area contributed by atoms with Gasteiger partial charge in [0.15, 0.2) is 17.3 Å². The summed E-state index contributed by atoms with van der Waals surface area (Å²) in [6.45, 7) is -0.707. The summed E-state index contributed by atoms with van der Waals surface area (Å²) in [6, 6.07) is 12.5. The second-order valence-electron chi connectivity index (χ2n) is 8.41. The molecule has 2 N–H and O–H groups in total. The number of amides is 3. The molecule has 0 aliphatic carbocycles. The highest BCUT2D eigenvalue weighted by Gasteiger charge is 2.38. The molecule has 0 radical (unpaired) electrons. The van der Waals surface area contributed by atoms with Gasteiger partial charge in [0, 0.05) is 11.1 Å². The first-order valence-corrected chi connectivity index (χ1v) is 11.4. The molecule has 3 amide bonds. The highest BCUT2D eigenvalue weighted by atomic mass is 19.4. The second-order valence-corrected chi connectivity index (χ2v) is 8.41. The van der Waals surface area contributed by atoms with Gasteiger partial charge in [0.2, 0.25) is 0 Å². The van der Waals surface area contributed by atoms with Crippen molar-refractivity contribution in [2.24, 2.45) is 0 Å². The molecule has 3 aromatic carbocycles. The van der Waals surface area contributed by atoms with Gasteiger partial charge in [-0.15, -0.1) is 0 Å². The van der Waals surface area contributed by atoms with Gasteiger partial charge in [0.1, 0.15) is 6.61 Å². The lowest BCUT2D eigenvalue weighted by molar-refractivity contribution is -0.143. The molecular weight excluding hydrogens is 544 g/mol. The number of rotatable bonds is 6. The predicted molar refractivity (Wildman–Crippen MR) is 131 cm³/mol. The Kier molecular flexibility index (Phi) is 7.58. The fourth-order valence-corrected chi connectivity index (χ4v) is 3.82. The molecule has 0 bridgehead atoms. The van der Waals surface area contributed by atoms with E-state index in [1.807, 2.05) is 0 Å². The minimum Gasteiger partial charge on any atom is -0.493 e. The number of carbonyl (C=O) groups is 2. The summed E-state index contributed by atoms with van der Waals surface area (Å²) in [4.78, 5) is 25.7. The topological polar surface area (TPSA) is 91.7 Å². The van der Waals surface area contributed by atoms with E-state index >= 15 is 0 Å². The van der Waals surface area contributed by atoms with Crippen LogP contribution in [0.15, 0.2) is 72.4 Å². The first-order valence-electron chi connectivity index (χ1n) is 11.4. The molecule has 1 saturated heterocycles. The average Bonchev–Trinajstić information content (AvgIpc) is 3.18. The van der Waals surface area contributed by atoms with E-state index in [1.54, 1.807) is 18.2 Å². The highest BCUT2D eigenvalue weighted by Crippen LogP contribution is 2.38. The number of hydrogen-bond acceptors (Lipinski definition) is 5. The second kappa shape index (κ2) is 10.8. The van der Waals surface area contributed by atoms with E-state index in [0.717, 1.165) is 0 Å². The van der Waals surface area contributed by atoms with Gasteiger partial charge in [-0.2, -0.15) is 26.3 Å². The van der Waals surface area contributed by atoms with Crippen molar-refractivity contribution in [1.82, 2.24) is 10.2 Å². The molecule has 1 aliphatic heterocycles. The van der Waals surface area contributed by atoms with Gasteiger partial charge >= 0.3 is 18.4 Å². The van der Waals surface area contributed by atoms with Crippen molar-refractivity contribution in [2.75, 3.05) is 7.11 Å². The minimum absolute atomic E-state index is 0.00424. The Morgan fingerprint density at radius 2 is 1.65 bits per heavy atom. The predicted octanol–water partition coefficient (Wildman–Crippen LogP) is 6.50. The molecule has 4 rings (SSSR count). The van der Waals surface area contributed by atoms with E-state index in [0.29, 0.717) is 22.6 Å². The first-order chi connectivity index (χ1) is 18.8. The molecule has 0 spiro atoms. The van der Waals surface area contributed by atoms with E-state index in [4.69, 9.17) is 14.9 Å². The maximum Gasteiger partial charge on any atom is 0.416 e. The van der Waals surface area contributed by atoms with E-state index in [9.17, 15) is 35.9 Å². The lowest BCUT2D eigenvalue weighted by Crippen LogP contribution is -2.36. The van der Waals surface area contributed by atoms with Gasteiger partial charge in [0.25, 0.3) is 5.91 Å². The molecule has 1 aliphatic rings. The van der Waals surface area contributed by atoms with Crippen LogP contribution in [0, 0.1) is 5.41 Å². The van der Waals surface area contributed by atoms with Crippen LogP contribution in [-0.4, -0.2) is 29.8 Å². The number of urea groups is 1. The van der Waals surface area contributed by atoms with Crippen LogP contribution in [-0.2, 0) is 19.0 Å². The number of alkyl halides is 6. The largest absolute Gasteiger partial charge is 0.493 e. The van der Waals surface area contributed by atoms with Crippen molar-refractivity contribution in [3.8, 4) is 11.5 Å². The molecule has 13 heteroatoms. The van der Waals surface area contributed by atoms with E-state index in [1.165, 1.54) is 43.5 Å². The zero-order chi connectivity index (χ0) is 29.2. The third-order valence-corrected chi connectivity index (χ3v) is 5.77. The average molecular weight is 563 g/mol. The van der Waals surface area contributed by atoms with Crippen LogP contribution >= 0.6 is 0 Å². The summed E-state index contributed by atoms with van der Waals surface area (Å²) in [5.74, 6) is -1.05. The van der Waals surface area contributed by atoms with Crippen LogP contribution < -0.4 is 14.8 Å². The number of nitrogens with zero attached hydrogens (tertiary/aromatic N) is 1. The monoisotopic (exact) mass is 563 g/mol. The molecule has 0 aromatic heterocycles. The van der Waals surface area contributed by atoms with Gasteiger partial charge in [-0.25, -0.2) is 9.69 Å². The van der Waals surface area contributed by atoms with Gasteiger partial charge < -0.3 is 14.8 Å². The Hall–Kier alpha value is -4.81. The van der Waals surface area contributed by atoms with Crippen LogP contribution in [0.5, 0.6) is 11.5 Å². The van der Waals surface area contributed by atoms with Crippen LogP contribution in [0.4, 0.5) is 31.1 Å². The number of benzene rings is 3. The third-order valence-electron chi connectivity index (χ3n) is 5.77. The van der Waals surface area contributed by atoms with Gasteiger partial charge in [-0.3, -0.25) is 10.2 Å². The quantitative estimate of drug-likeness (QED) is 0.335. The molecule has 1 fully saturated rings. The molecule has 0 atom stereocenters. The molecule has 0 saturated carbocycles. The number of carbonyl (C=O) groups excluding carboxylic acids is 2. The number of methoxy groups -OCH3 is 1. The highest BCUT2D eigenvalue weighted by molar-refractivity contribution is 6.26. The minimum atomic E-state index is -5.05. The van der Waals surface area contributed by atoms with Crippen molar-refractivity contribution < 1.29 is 45.4 Å². The van der Waals surface area contributed by atoms with Gasteiger partial charge in [-0.05, 0) is 48.0 Å². The van der Waals surface area contributed by atoms with Crippen molar-refractivity contribution in [3.05, 3.63) is 100 Å². The Balaban J connectivity index is 1.54. The van der Waals surface area contributed by atoms with Crippen LogP contribution in [0.3, 0.4) is 0 Å². The normalized spacial score (nSPS) is 14.9. The molecular formula is C27H19F6N3O4.